The van der Waals surface area contributed by atoms with Crippen LogP contribution >= 0.6 is 0 Å². The first-order chi connectivity index (χ1) is 8.72. The van der Waals surface area contributed by atoms with E-state index in [1.807, 2.05) is 6.92 Å². The molecule has 0 saturated carbocycles. The quantitative estimate of drug-likeness (QED) is 0.594. The largest absolute Gasteiger partial charge is 0.377 e. The fraction of sp³-hybridized carbons (Fsp3) is 0.500. The average molecular weight is 250 g/mol. The summed E-state index contributed by atoms with van der Waals surface area (Å²) < 4.78 is 5.53. The SMILES string of the molecule is CC1CN(C(=O)c2cnccc2NN)CCCO1. The van der Waals surface area contributed by atoms with Crippen molar-refractivity contribution in [1.82, 2.24) is 9.88 Å². The minimum Gasteiger partial charge on any atom is -0.377 e. The summed E-state index contributed by atoms with van der Waals surface area (Å²) in [6.07, 6.45) is 4.04. The first-order valence-electron chi connectivity index (χ1n) is 6.04. The molecule has 1 amide bonds. The van der Waals surface area contributed by atoms with Gasteiger partial charge in [-0.15, -0.1) is 0 Å². The highest BCUT2D eigenvalue weighted by Gasteiger charge is 2.22. The van der Waals surface area contributed by atoms with Crippen LogP contribution in [0.1, 0.15) is 23.7 Å². The molecule has 1 atom stereocenters. The van der Waals surface area contributed by atoms with Crippen molar-refractivity contribution < 1.29 is 9.53 Å². The van der Waals surface area contributed by atoms with E-state index in [4.69, 9.17) is 10.6 Å². The van der Waals surface area contributed by atoms with Gasteiger partial charge in [0, 0.05) is 32.1 Å². The van der Waals surface area contributed by atoms with Gasteiger partial charge in [0.05, 0.1) is 17.4 Å². The van der Waals surface area contributed by atoms with E-state index in [1.54, 1.807) is 17.2 Å². The maximum atomic E-state index is 12.4. The van der Waals surface area contributed by atoms with Crippen LogP contribution in [0.5, 0.6) is 0 Å². The van der Waals surface area contributed by atoms with E-state index < -0.39 is 0 Å². The zero-order chi connectivity index (χ0) is 13.0. The molecule has 0 bridgehead atoms. The standard InChI is InChI=1S/C12H18N4O2/c1-9-8-16(5-2-6-18-9)12(17)10-7-14-4-3-11(10)15-13/h3-4,7,9H,2,5-6,8,13H2,1H3,(H,14,15). The van der Waals surface area contributed by atoms with Crippen molar-refractivity contribution in [3.05, 3.63) is 24.0 Å². The van der Waals surface area contributed by atoms with Gasteiger partial charge < -0.3 is 15.1 Å². The summed E-state index contributed by atoms with van der Waals surface area (Å²) in [7, 11) is 0. The summed E-state index contributed by atoms with van der Waals surface area (Å²) >= 11 is 0. The molecule has 1 aliphatic heterocycles. The molecule has 6 heteroatoms. The Hall–Kier alpha value is -1.66. The number of hydrogen-bond acceptors (Lipinski definition) is 5. The summed E-state index contributed by atoms with van der Waals surface area (Å²) in [5.41, 5.74) is 3.61. The van der Waals surface area contributed by atoms with Gasteiger partial charge in [0.25, 0.3) is 5.91 Å². The number of amides is 1. The second-order valence-electron chi connectivity index (χ2n) is 4.35. The summed E-state index contributed by atoms with van der Waals surface area (Å²) in [6.45, 7) is 3.96. The normalized spacial score (nSPS) is 20.3. The van der Waals surface area contributed by atoms with Crippen molar-refractivity contribution in [1.29, 1.82) is 0 Å². The number of carbonyl (C=O) groups is 1. The minimum atomic E-state index is -0.0617. The third-order valence-electron chi connectivity index (χ3n) is 2.95. The topological polar surface area (TPSA) is 80.5 Å². The van der Waals surface area contributed by atoms with E-state index in [2.05, 4.69) is 10.4 Å². The molecule has 1 saturated heterocycles. The van der Waals surface area contributed by atoms with E-state index in [9.17, 15) is 4.79 Å². The van der Waals surface area contributed by atoms with Crippen LogP contribution in [0.4, 0.5) is 5.69 Å². The summed E-state index contributed by atoms with van der Waals surface area (Å²) in [5, 5.41) is 0. The lowest BCUT2D eigenvalue weighted by molar-refractivity contribution is 0.0563. The number of nitrogens with zero attached hydrogens (tertiary/aromatic N) is 2. The molecule has 2 rings (SSSR count). The van der Waals surface area contributed by atoms with Gasteiger partial charge in [-0.2, -0.15) is 0 Å². The molecular formula is C12H18N4O2. The molecule has 1 aromatic heterocycles. The highest BCUT2D eigenvalue weighted by atomic mass is 16.5. The van der Waals surface area contributed by atoms with Gasteiger partial charge in [0.2, 0.25) is 0 Å². The molecule has 6 nitrogen and oxygen atoms in total. The van der Waals surface area contributed by atoms with Gasteiger partial charge in [-0.25, -0.2) is 0 Å². The van der Waals surface area contributed by atoms with Gasteiger partial charge in [0.1, 0.15) is 0 Å². The Kier molecular flexibility index (Phi) is 4.11. The molecular weight excluding hydrogens is 232 g/mol. The Morgan fingerprint density at radius 2 is 2.50 bits per heavy atom. The Morgan fingerprint density at radius 3 is 3.28 bits per heavy atom. The highest BCUT2D eigenvalue weighted by molar-refractivity contribution is 5.99. The Bertz CT molecular complexity index is 424. The van der Waals surface area contributed by atoms with Gasteiger partial charge >= 0.3 is 0 Å². The van der Waals surface area contributed by atoms with Crippen LogP contribution in [0.25, 0.3) is 0 Å². The lowest BCUT2D eigenvalue weighted by atomic mass is 10.2. The summed E-state index contributed by atoms with van der Waals surface area (Å²) in [4.78, 5) is 18.2. The van der Waals surface area contributed by atoms with Crippen molar-refractivity contribution >= 4 is 11.6 Å². The van der Waals surface area contributed by atoms with Gasteiger partial charge in [0.15, 0.2) is 0 Å². The average Bonchev–Trinajstić information content (AvgIpc) is 2.62. The third kappa shape index (κ3) is 2.77. The Balaban J connectivity index is 2.19. The third-order valence-corrected chi connectivity index (χ3v) is 2.95. The smallest absolute Gasteiger partial charge is 0.257 e. The van der Waals surface area contributed by atoms with Crippen molar-refractivity contribution in [2.45, 2.75) is 19.4 Å². The molecule has 98 valence electrons. The number of hydrogen-bond donors (Lipinski definition) is 2. The molecule has 1 aliphatic rings. The Labute approximate surface area is 106 Å². The fourth-order valence-electron chi connectivity index (χ4n) is 2.04. The molecule has 0 aliphatic carbocycles. The van der Waals surface area contributed by atoms with Crippen molar-refractivity contribution in [2.75, 3.05) is 25.1 Å². The van der Waals surface area contributed by atoms with Crippen molar-refractivity contribution in [3.8, 4) is 0 Å². The predicted molar refractivity (Wildman–Crippen MR) is 68.0 cm³/mol. The molecule has 18 heavy (non-hydrogen) atoms. The molecule has 3 N–H and O–H groups in total. The Morgan fingerprint density at radius 1 is 1.67 bits per heavy atom. The van der Waals surface area contributed by atoms with E-state index in [1.165, 1.54) is 6.20 Å². The number of nitrogen functional groups attached to an aromatic ring is 1. The molecule has 1 unspecified atom stereocenters. The first kappa shape index (κ1) is 12.8. The van der Waals surface area contributed by atoms with Crippen LogP contribution in [-0.4, -0.2) is 41.6 Å². The maximum absolute atomic E-state index is 12.4. The molecule has 1 aromatic rings. The second kappa shape index (κ2) is 5.79. The maximum Gasteiger partial charge on any atom is 0.257 e. The molecule has 2 heterocycles. The second-order valence-corrected chi connectivity index (χ2v) is 4.35. The molecule has 1 fully saturated rings. The zero-order valence-electron chi connectivity index (χ0n) is 10.4. The molecule has 0 spiro atoms. The van der Waals surface area contributed by atoms with E-state index in [0.717, 1.165) is 6.42 Å². The van der Waals surface area contributed by atoms with Crippen LogP contribution in [0, 0.1) is 0 Å². The van der Waals surface area contributed by atoms with Crippen LogP contribution in [0.3, 0.4) is 0 Å². The number of pyridine rings is 1. The molecule has 0 aromatic carbocycles. The van der Waals surface area contributed by atoms with Crippen LogP contribution in [-0.2, 0) is 4.74 Å². The monoisotopic (exact) mass is 250 g/mol. The number of nitrogens with one attached hydrogen (secondary N) is 1. The van der Waals surface area contributed by atoms with Crippen LogP contribution < -0.4 is 11.3 Å². The number of aromatic nitrogens is 1. The van der Waals surface area contributed by atoms with Crippen LogP contribution in [0.15, 0.2) is 18.5 Å². The number of rotatable bonds is 2. The first-order valence-corrected chi connectivity index (χ1v) is 6.04. The van der Waals surface area contributed by atoms with Gasteiger partial charge in [-0.1, -0.05) is 0 Å². The summed E-state index contributed by atoms with van der Waals surface area (Å²) in [5.74, 6) is 5.34. The van der Waals surface area contributed by atoms with E-state index in [-0.39, 0.29) is 12.0 Å². The van der Waals surface area contributed by atoms with E-state index >= 15 is 0 Å². The number of carbonyl (C=O) groups excluding carboxylic acids is 1. The van der Waals surface area contributed by atoms with Crippen molar-refractivity contribution in [3.63, 3.8) is 0 Å². The van der Waals surface area contributed by atoms with Gasteiger partial charge in [-0.05, 0) is 19.4 Å². The lowest BCUT2D eigenvalue weighted by Crippen LogP contribution is -2.36. The fourth-order valence-corrected chi connectivity index (χ4v) is 2.04. The number of anilines is 1. The number of nitrogens with two attached hydrogens (primary N) is 1. The summed E-state index contributed by atoms with van der Waals surface area (Å²) in [6, 6.07) is 1.69. The zero-order valence-corrected chi connectivity index (χ0v) is 10.4. The minimum absolute atomic E-state index is 0.0578. The van der Waals surface area contributed by atoms with E-state index in [0.29, 0.717) is 30.9 Å². The molecule has 0 radical (unpaired) electrons. The van der Waals surface area contributed by atoms with Crippen LogP contribution in [0.2, 0.25) is 0 Å². The predicted octanol–water partition coefficient (Wildman–Crippen LogP) is 0.618. The highest BCUT2D eigenvalue weighted by Crippen LogP contribution is 2.16. The number of hydrazine groups is 1. The van der Waals surface area contributed by atoms with Gasteiger partial charge in [-0.3, -0.25) is 15.6 Å². The van der Waals surface area contributed by atoms with Crippen molar-refractivity contribution in [2.24, 2.45) is 5.84 Å². The lowest BCUT2D eigenvalue weighted by Gasteiger charge is -2.23. The number of ether oxygens (including phenoxy) is 1.